The van der Waals surface area contributed by atoms with Crippen LogP contribution in [-0.4, -0.2) is 36.0 Å². The van der Waals surface area contributed by atoms with E-state index >= 15 is 0 Å². The van der Waals surface area contributed by atoms with Crippen LogP contribution >= 0.6 is 0 Å². The van der Waals surface area contributed by atoms with Crippen LogP contribution < -0.4 is 10.7 Å². The first-order valence-electron chi connectivity index (χ1n) is 8.91. The van der Waals surface area contributed by atoms with E-state index in [0.29, 0.717) is 25.1 Å². The van der Waals surface area contributed by atoms with Gasteiger partial charge in [-0.25, -0.2) is 4.90 Å². The predicted octanol–water partition coefficient (Wildman–Crippen LogP) is 0.780. The van der Waals surface area contributed by atoms with Crippen molar-refractivity contribution < 1.29 is 14.5 Å². The van der Waals surface area contributed by atoms with Crippen molar-refractivity contribution in [1.82, 2.24) is 4.90 Å². The number of carbonyl (C=O) groups excluding carboxylic acids is 1. The van der Waals surface area contributed by atoms with E-state index in [4.69, 9.17) is 10.5 Å². The van der Waals surface area contributed by atoms with Gasteiger partial charge in [-0.15, -0.1) is 0 Å². The molecule has 1 aromatic rings. The van der Waals surface area contributed by atoms with Crippen LogP contribution in [0.2, 0.25) is 0 Å². The highest BCUT2D eigenvalue weighted by Crippen LogP contribution is 2.31. The zero-order valence-corrected chi connectivity index (χ0v) is 14.5. The molecule has 1 fully saturated rings. The first kappa shape index (κ1) is 17.0. The Morgan fingerprint density at radius 2 is 1.96 bits per heavy atom. The number of hydrogen-bond acceptors (Lipinski definition) is 3. The molecule has 1 heterocycles. The number of ether oxygens (including phenoxy) is 1. The number of nitrogens with two attached hydrogens (primary N) is 1. The Hall–Kier alpha value is -1.88. The Kier molecular flexibility index (Phi) is 5.19. The van der Waals surface area contributed by atoms with E-state index in [1.165, 1.54) is 37.0 Å². The van der Waals surface area contributed by atoms with Gasteiger partial charge in [-0.3, -0.25) is 15.5 Å². The van der Waals surface area contributed by atoms with Gasteiger partial charge < -0.3 is 4.74 Å². The van der Waals surface area contributed by atoms with Crippen molar-refractivity contribution in [2.24, 2.45) is 11.7 Å². The Morgan fingerprint density at radius 1 is 1.25 bits per heavy atom. The summed E-state index contributed by atoms with van der Waals surface area (Å²) in [6.45, 7) is 0.855. The molecule has 5 heteroatoms. The van der Waals surface area contributed by atoms with E-state index in [0.717, 1.165) is 12.0 Å². The van der Waals surface area contributed by atoms with Crippen LogP contribution in [-0.2, 0) is 16.1 Å². The van der Waals surface area contributed by atoms with Crippen molar-refractivity contribution in [2.75, 3.05) is 13.7 Å². The lowest BCUT2D eigenvalue weighted by Gasteiger charge is -2.29. The second-order valence-electron chi connectivity index (χ2n) is 7.14. The van der Waals surface area contributed by atoms with Gasteiger partial charge in [0.2, 0.25) is 5.54 Å². The van der Waals surface area contributed by atoms with Crippen molar-refractivity contribution in [2.45, 2.75) is 50.7 Å². The third kappa shape index (κ3) is 3.61. The topological polar surface area (TPSA) is 69.5 Å². The summed E-state index contributed by atoms with van der Waals surface area (Å²) in [6.07, 6.45) is 7.01. The summed E-state index contributed by atoms with van der Waals surface area (Å²) in [7, 11) is 1.73. The van der Waals surface area contributed by atoms with Crippen molar-refractivity contribution in [3.05, 3.63) is 35.9 Å². The molecule has 1 unspecified atom stereocenters. The summed E-state index contributed by atoms with van der Waals surface area (Å²) in [4.78, 5) is 17.6. The molecule has 0 bridgehead atoms. The number of rotatable bonds is 6. The lowest BCUT2D eigenvalue weighted by molar-refractivity contribution is -0.538. The zero-order chi connectivity index (χ0) is 17.0. The quantitative estimate of drug-likeness (QED) is 0.810. The maximum atomic E-state index is 12.8. The predicted molar refractivity (Wildman–Crippen MR) is 92.9 cm³/mol. The molecular formula is C19H28N3O2+. The maximum Gasteiger partial charge on any atom is 0.351 e. The highest BCUT2D eigenvalue weighted by atomic mass is 16.5. The molecule has 2 aliphatic rings. The van der Waals surface area contributed by atoms with E-state index in [1.54, 1.807) is 7.05 Å². The summed E-state index contributed by atoms with van der Waals surface area (Å²) in [5.74, 6) is 1.02. The van der Waals surface area contributed by atoms with Crippen LogP contribution in [0.3, 0.4) is 0 Å². The van der Waals surface area contributed by atoms with Gasteiger partial charge in [0.1, 0.15) is 0 Å². The van der Waals surface area contributed by atoms with Crippen LogP contribution in [0, 0.1) is 5.92 Å². The molecule has 24 heavy (non-hydrogen) atoms. The third-order valence-corrected chi connectivity index (χ3v) is 5.26. The molecule has 1 saturated carbocycles. The van der Waals surface area contributed by atoms with Gasteiger partial charge in [0.15, 0.2) is 0 Å². The average molecular weight is 330 g/mol. The number of nitrogens with zero attached hydrogens (tertiary/aromatic N) is 1. The summed E-state index contributed by atoms with van der Waals surface area (Å²) in [6, 6.07) is 10.0. The van der Waals surface area contributed by atoms with Gasteiger partial charge in [-0.2, -0.15) is 0 Å². The largest absolute Gasteiger partial charge is 0.372 e. The summed E-state index contributed by atoms with van der Waals surface area (Å²) in [5, 5.41) is 0. The summed E-state index contributed by atoms with van der Waals surface area (Å²) >= 11 is 0. The van der Waals surface area contributed by atoms with Gasteiger partial charge in [-0.1, -0.05) is 62.4 Å². The summed E-state index contributed by atoms with van der Waals surface area (Å²) < 4.78 is 5.94. The molecule has 1 aliphatic carbocycles. The van der Waals surface area contributed by atoms with Gasteiger partial charge in [-0.05, 0) is 17.9 Å². The first-order chi connectivity index (χ1) is 11.6. The van der Waals surface area contributed by atoms with E-state index < -0.39 is 5.54 Å². The smallest absolute Gasteiger partial charge is 0.351 e. The molecule has 5 nitrogen and oxygen atoms in total. The highest BCUT2D eigenvalue weighted by Gasteiger charge is 2.52. The number of benzene rings is 1. The fraction of sp³-hybridized carbons (Fsp3) is 0.579. The maximum absolute atomic E-state index is 12.8. The second kappa shape index (κ2) is 7.34. The van der Waals surface area contributed by atoms with Crippen LogP contribution in [0.15, 0.2) is 30.3 Å². The Morgan fingerprint density at radius 3 is 2.58 bits per heavy atom. The number of carbonyl (C=O) groups is 1. The molecule has 0 saturated heterocycles. The third-order valence-electron chi connectivity index (χ3n) is 5.26. The molecular weight excluding hydrogens is 302 g/mol. The minimum absolute atomic E-state index is 0.0265. The lowest BCUT2D eigenvalue weighted by Crippen LogP contribution is -2.89. The van der Waals surface area contributed by atoms with Gasteiger partial charge in [0.05, 0.1) is 20.3 Å². The first-order valence-corrected chi connectivity index (χ1v) is 8.91. The van der Waals surface area contributed by atoms with E-state index in [-0.39, 0.29) is 5.91 Å². The molecule has 1 atom stereocenters. The van der Waals surface area contributed by atoms with Crippen molar-refractivity contribution >= 4 is 11.9 Å². The number of nitrogens with one attached hydrogen (secondary N) is 1. The van der Waals surface area contributed by atoms with Gasteiger partial charge in [0, 0.05) is 0 Å². The SMILES string of the molecule is CN1C(=O)C(COCc2ccccc2)(CC2CCCCC2)[NH+]=C1N. The summed E-state index contributed by atoms with van der Waals surface area (Å²) in [5.41, 5.74) is 6.39. The minimum Gasteiger partial charge on any atom is -0.372 e. The molecule has 0 radical (unpaired) electrons. The standard InChI is InChI=1S/C19H27N3O2/c1-22-17(23)19(21-18(22)20,12-15-8-4-2-5-9-15)14-24-13-16-10-6-3-7-11-16/h3,6-7,10-11,15H,2,4-5,8-9,12-14H2,1H3,(H2,20,21)/p+1. The molecule has 0 spiro atoms. The van der Waals surface area contributed by atoms with Crippen LogP contribution in [0.25, 0.3) is 0 Å². The minimum atomic E-state index is -0.713. The second-order valence-corrected chi connectivity index (χ2v) is 7.14. The van der Waals surface area contributed by atoms with Crippen LogP contribution in [0.5, 0.6) is 0 Å². The lowest BCUT2D eigenvalue weighted by atomic mass is 9.79. The van der Waals surface area contributed by atoms with Crippen LogP contribution in [0.4, 0.5) is 0 Å². The van der Waals surface area contributed by atoms with E-state index in [2.05, 4.69) is 4.99 Å². The molecule has 1 aliphatic heterocycles. The molecule has 130 valence electrons. The van der Waals surface area contributed by atoms with Gasteiger partial charge in [0.25, 0.3) is 0 Å². The number of hydrogen-bond donors (Lipinski definition) is 2. The molecule has 3 rings (SSSR count). The number of amides is 1. The molecule has 1 amide bonds. The van der Waals surface area contributed by atoms with Crippen LogP contribution in [0.1, 0.15) is 44.1 Å². The average Bonchev–Trinajstić information content (AvgIpc) is 2.81. The normalized spacial score (nSPS) is 25.1. The number of guanidine groups is 1. The Balaban J connectivity index is 1.69. The van der Waals surface area contributed by atoms with Crippen molar-refractivity contribution in [3.63, 3.8) is 0 Å². The monoisotopic (exact) mass is 330 g/mol. The molecule has 1 aromatic carbocycles. The fourth-order valence-electron chi connectivity index (χ4n) is 3.91. The van der Waals surface area contributed by atoms with Gasteiger partial charge >= 0.3 is 11.9 Å². The number of likely N-dealkylation sites (N-methyl/N-ethyl adjacent to an activating group) is 1. The Bertz CT molecular complexity index is 596. The van der Waals surface area contributed by atoms with E-state index in [1.807, 2.05) is 30.3 Å². The zero-order valence-electron chi connectivity index (χ0n) is 14.5. The molecule has 0 aromatic heterocycles. The van der Waals surface area contributed by atoms with E-state index in [9.17, 15) is 4.79 Å². The fourth-order valence-corrected chi connectivity index (χ4v) is 3.91. The Labute approximate surface area is 143 Å². The highest BCUT2D eigenvalue weighted by molar-refractivity contribution is 6.01. The van der Waals surface area contributed by atoms with Crippen molar-refractivity contribution in [1.29, 1.82) is 0 Å². The molecule has 3 N–H and O–H groups in total. The van der Waals surface area contributed by atoms with Crippen molar-refractivity contribution in [3.8, 4) is 0 Å².